The fraction of sp³-hybridized carbons (Fsp3) is 0.417. The van der Waals surface area contributed by atoms with Gasteiger partial charge in [-0.05, 0) is 31.5 Å². The van der Waals surface area contributed by atoms with Crippen molar-refractivity contribution in [1.82, 2.24) is 4.90 Å². The lowest BCUT2D eigenvalue weighted by Crippen LogP contribution is -2.40. The van der Waals surface area contributed by atoms with Gasteiger partial charge in [0.05, 0.1) is 12.1 Å². The molecular formula is C12H17ClN2O. The Kier molecular flexibility index (Phi) is 4.33. The molecule has 16 heavy (non-hydrogen) atoms. The van der Waals surface area contributed by atoms with Gasteiger partial charge >= 0.3 is 0 Å². The maximum atomic E-state index is 11.7. The minimum atomic E-state index is -0.472. The van der Waals surface area contributed by atoms with Crippen LogP contribution in [0.15, 0.2) is 24.3 Å². The zero-order chi connectivity index (χ0) is 12.3. The summed E-state index contributed by atoms with van der Waals surface area (Å²) in [6, 6.07) is 6.99. The minimum absolute atomic E-state index is 0.00392. The van der Waals surface area contributed by atoms with Gasteiger partial charge in [-0.3, -0.25) is 4.79 Å². The maximum Gasteiger partial charge on any atom is 0.239 e. The van der Waals surface area contributed by atoms with E-state index in [0.717, 1.165) is 5.56 Å². The summed E-state index contributed by atoms with van der Waals surface area (Å²) in [4.78, 5) is 13.3. The number of carbonyl (C=O) groups excluding carboxylic acids is 1. The van der Waals surface area contributed by atoms with Crippen LogP contribution in [0.3, 0.4) is 0 Å². The Morgan fingerprint density at radius 2 is 1.81 bits per heavy atom. The van der Waals surface area contributed by atoms with E-state index in [4.69, 9.17) is 17.3 Å². The molecule has 0 spiro atoms. The molecule has 0 aliphatic carbocycles. The lowest BCUT2D eigenvalue weighted by molar-refractivity contribution is -0.132. The van der Waals surface area contributed by atoms with Crippen molar-refractivity contribution in [2.75, 3.05) is 7.05 Å². The summed E-state index contributed by atoms with van der Waals surface area (Å²) in [5, 5.41) is 0.692. The summed E-state index contributed by atoms with van der Waals surface area (Å²) in [6.45, 7) is 3.65. The first-order valence-corrected chi connectivity index (χ1v) is 5.59. The first-order valence-electron chi connectivity index (χ1n) is 5.21. The van der Waals surface area contributed by atoms with E-state index in [0.29, 0.717) is 5.02 Å². The molecular weight excluding hydrogens is 224 g/mol. The fourth-order valence-corrected chi connectivity index (χ4v) is 1.60. The molecule has 1 aromatic rings. The van der Waals surface area contributed by atoms with E-state index in [1.807, 2.05) is 31.2 Å². The number of nitrogens with zero attached hydrogens (tertiary/aromatic N) is 1. The third kappa shape index (κ3) is 2.97. The highest BCUT2D eigenvalue weighted by Crippen LogP contribution is 2.21. The van der Waals surface area contributed by atoms with Crippen molar-refractivity contribution in [2.45, 2.75) is 25.9 Å². The van der Waals surface area contributed by atoms with E-state index >= 15 is 0 Å². The molecule has 0 bridgehead atoms. The molecule has 1 aromatic carbocycles. The van der Waals surface area contributed by atoms with E-state index in [-0.39, 0.29) is 11.9 Å². The number of nitrogens with two attached hydrogens (primary N) is 1. The standard InChI is InChI=1S/C12H17ClN2O/c1-8(14)12(16)15(3)9(2)10-4-6-11(13)7-5-10/h4-9H,14H2,1-3H3/t8-,9?/m0/s1. The molecule has 0 saturated carbocycles. The van der Waals surface area contributed by atoms with E-state index in [9.17, 15) is 4.79 Å². The van der Waals surface area contributed by atoms with Gasteiger partial charge < -0.3 is 10.6 Å². The largest absolute Gasteiger partial charge is 0.338 e. The molecule has 0 aromatic heterocycles. The average Bonchev–Trinajstić information content (AvgIpc) is 2.27. The molecule has 3 nitrogen and oxygen atoms in total. The second kappa shape index (κ2) is 5.32. The van der Waals surface area contributed by atoms with Gasteiger partial charge in [-0.25, -0.2) is 0 Å². The molecule has 4 heteroatoms. The zero-order valence-corrected chi connectivity index (χ0v) is 10.5. The number of hydrogen-bond acceptors (Lipinski definition) is 2. The second-order valence-corrected chi connectivity index (χ2v) is 4.40. The average molecular weight is 241 g/mol. The Hall–Kier alpha value is -1.06. The van der Waals surface area contributed by atoms with Crippen LogP contribution in [0.1, 0.15) is 25.5 Å². The van der Waals surface area contributed by atoms with Crippen molar-refractivity contribution in [2.24, 2.45) is 5.73 Å². The Morgan fingerprint density at radius 3 is 2.25 bits per heavy atom. The summed E-state index contributed by atoms with van der Waals surface area (Å²) >= 11 is 5.81. The highest BCUT2D eigenvalue weighted by molar-refractivity contribution is 6.30. The first-order chi connectivity index (χ1) is 7.43. The lowest BCUT2D eigenvalue weighted by atomic mass is 10.1. The molecule has 1 amide bonds. The fourth-order valence-electron chi connectivity index (χ4n) is 1.48. The number of likely N-dealkylation sites (N-methyl/N-ethyl adjacent to an activating group) is 1. The monoisotopic (exact) mass is 240 g/mol. The van der Waals surface area contributed by atoms with Crippen molar-refractivity contribution in [3.8, 4) is 0 Å². The number of amides is 1. The predicted molar refractivity (Wildman–Crippen MR) is 66.3 cm³/mol. The van der Waals surface area contributed by atoms with Gasteiger partial charge in [-0.1, -0.05) is 23.7 Å². The van der Waals surface area contributed by atoms with Gasteiger partial charge in [-0.15, -0.1) is 0 Å². The SMILES string of the molecule is CC(c1ccc(Cl)cc1)N(C)C(=O)[C@H](C)N. The van der Waals surface area contributed by atoms with Crippen molar-refractivity contribution in [3.05, 3.63) is 34.9 Å². The summed E-state index contributed by atoms with van der Waals surface area (Å²) in [5.41, 5.74) is 6.61. The predicted octanol–water partition coefficient (Wildman–Crippen LogP) is 2.21. The number of benzene rings is 1. The molecule has 1 rings (SSSR count). The van der Waals surface area contributed by atoms with Crippen LogP contribution >= 0.6 is 11.6 Å². The summed E-state index contributed by atoms with van der Waals surface area (Å²) < 4.78 is 0. The summed E-state index contributed by atoms with van der Waals surface area (Å²) in [5.74, 6) is -0.0672. The number of rotatable bonds is 3. The topological polar surface area (TPSA) is 46.3 Å². The highest BCUT2D eigenvalue weighted by Gasteiger charge is 2.19. The summed E-state index contributed by atoms with van der Waals surface area (Å²) in [6.07, 6.45) is 0. The second-order valence-electron chi connectivity index (χ2n) is 3.97. The molecule has 2 N–H and O–H groups in total. The van der Waals surface area contributed by atoms with Crippen LogP contribution in [0.4, 0.5) is 0 Å². The zero-order valence-electron chi connectivity index (χ0n) is 9.77. The molecule has 0 heterocycles. The first kappa shape index (κ1) is 13.0. The van der Waals surface area contributed by atoms with Crippen LogP contribution in [0.5, 0.6) is 0 Å². The van der Waals surface area contributed by atoms with Gasteiger partial charge in [0.25, 0.3) is 0 Å². The van der Waals surface area contributed by atoms with Gasteiger partial charge in [0.1, 0.15) is 0 Å². The van der Waals surface area contributed by atoms with Gasteiger partial charge in [0.15, 0.2) is 0 Å². The third-order valence-electron chi connectivity index (χ3n) is 2.67. The molecule has 1 unspecified atom stereocenters. The van der Waals surface area contributed by atoms with Gasteiger partial charge in [0.2, 0.25) is 5.91 Å². The molecule has 0 aliphatic rings. The molecule has 0 saturated heterocycles. The van der Waals surface area contributed by atoms with Crippen molar-refractivity contribution in [3.63, 3.8) is 0 Å². The normalized spacial score (nSPS) is 14.3. The lowest BCUT2D eigenvalue weighted by Gasteiger charge is -2.26. The van der Waals surface area contributed by atoms with E-state index < -0.39 is 6.04 Å². The maximum absolute atomic E-state index is 11.7. The van der Waals surface area contributed by atoms with Crippen molar-refractivity contribution < 1.29 is 4.79 Å². The van der Waals surface area contributed by atoms with Crippen LogP contribution < -0.4 is 5.73 Å². The van der Waals surface area contributed by atoms with E-state index in [1.165, 1.54) is 0 Å². The smallest absolute Gasteiger partial charge is 0.239 e. The van der Waals surface area contributed by atoms with Gasteiger partial charge in [-0.2, -0.15) is 0 Å². The molecule has 0 fully saturated rings. The third-order valence-corrected chi connectivity index (χ3v) is 2.92. The van der Waals surface area contributed by atoms with Crippen LogP contribution in [-0.4, -0.2) is 23.9 Å². The van der Waals surface area contributed by atoms with Crippen LogP contribution in [0, 0.1) is 0 Å². The Balaban J connectivity index is 2.81. The molecule has 0 radical (unpaired) electrons. The van der Waals surface area contributed by atoms with Crippen LogP contribution in [-0.2, 0) is 4.79 Å². The summed E-state index contributed by atoms with van der Waals surface area (Å²) in [7, 11) is 1.75. The number of halogens is 1. The van der Waals surface area contributed by atoms with Crippen LogP contribution in [0.2, 0.25) is 5.02 Å². The number of carbonyl (C=O) groups is 1. The van der Waals surface area contributed by atoms with E-state index in [1.54, 1.807) is 18.9 Å². The van der Waals surface area contributed by atoms with Crippen LogP contribution in [0.25, 0.3) is 0 Å². The highest BCUT2D eigenvalue weighted by atomic mass is 35.5. The number of hydrogen-bond donors (Lipinski definition) is 1. The quantitative estimate of drug-likeness (QED) is 0.881. The van der Waals surface area contributed by atoms with Gasteiger partial charge in [0, 0.05) is 12.1 Å². The Bertz CT molecular complexity index is 362. The van der Waals surface area contributed by atoms with E-state index in [2.05, 4.69) is 0 Å². The molecule has 2 atom stereocenters. The Morgan fingerprint density at radius 1 is 1.31 bits per heavy atom. The van der Waals surface area contributed by atoms with Crippen molar-refractivity contribution in [1.29, 1.82) is 0 Å². The molecule has 0 aliphatic heterocycles. The molecule has 88 valence electrons. The minimum Gasteiger partial charge on any atom is -0.338 e. The Labute approximate surface area is 101 Å². The van der Waals surface area contributed by atoms with Crippen molar-refractivity contribution >= 4 is 17.5 Å².